The molecule has 4 rings (SSSR count). The van der Waals surface area contributed by atoms with Crippen LogP contribution in [-0.4, -0.2) is 73.2 Å². The lowest BCUT2D eigenvalue weighted by Gasteiger charge is -2.44. The van der Waals surface area contributed by atoms with Crippen molar-refractivity contribution in [2.75, 3.05) is 6.61 Å². The van der Waals surface area contributed by atoms with Crippen molar-refractivity contribution in [1.82, 2.24) is 20.0 Å². The van der Waals surface area contributed by atoms with E-state index in [2.05, 4.69) is 15.3 Å². The monoisotopic (exact) mass is 625 g/mol. The normalized spacial score (nSPS) is 21.6. The molecule has 0 N–H and O–H groups in total. The summed E-state index contributed by atoms with van der Waals surface area (Å²) in [5.74, 6) is -7.41. The fourth-order valence-corrected chi connectivity index (χ4v) is 5.37. The predicted molar refractivity (Wildman–Crippen MR) is 138 cm³/mol. The van der Waals surface area contributed by atoms with Crippen molar-refractivity contribution < 1.29 is 51.4 Å². The zero-order valence-corrected chi connectivity index (χ0v) is 23.3. The topological polar surface area (TPSA) is 175 Å². The van der Waals surface area contributed by atoms with Crippen LogP contribution in [0.5, 0.6) is 0 Å². The minimum Gasteiger partial charge on any atom is -0.463 e. The Morgan fingerprint density at radius 2 is 1.70 bits per heavy atom. The maximum Gasteiger partial charge on any atom is 0.364 e. The molecule has 1 aromatic carbocycles. The maximum atomic E-state index is 13.9. The summed E-state index contributed by atoms with van der Waals surface area (Å²) in [7, 11) is 0. The molecule has 18 heteroatoms. The fourth-order valence-electron chi connectivity index (χ4n) is 4.24. The van der Waals surface area contributed by atoms with Crippen LogP contribution in [0.15, 0.2) is 41.6 Å². The molecule has 14 nitrogen and oxygen atoms in total. The van der Waals surface area contributed by atoms with Crippen LogP contribution in [0.3, 0.4) is 0 Å². The van der Waals surface area contributed by atoms with Crippen molar-refractivity contribution in [2.45, 2.75) is 55.5 Å². The molecule has 0 bridgehead atoms. The van der Waals surface area contributed by atoms with Crippen LogP contribution in [-0.2, 0) is 33.3 Å². The summed E-state index contributed by atoms with van der Waals surface area (Å²) in [5, 5.41) is 19.2. The predicted octanol–water partition coefficient (Wildman–Crippen LogP) is 3.15. The van der Waals surface area contributed by atoms with E-state index in [4.69, 9.17) is 18.9 Å². The van der Waals surface area contributed by atoms with Gasteiger partial charge in [-0.2, -0.15) is 0 Å². The maximum absolute atomic E-state index is 13.9. The number of thioether (sulfide) groups is 1. The van der Waals surface area contributed by atoms with Gasteiger partial charge in [0.25, 0.3) is 0 Å². The summed E-state index contributed by atoms with van der Waals surface area (Å²) >= 11 is 0.885. The number of nitro groups is 1. The van der Waals surface area contributed by atoms with Gasteiger partial charge in [-0.3, -0.25) is 14.4 Å². The van der Waals surface area contributed by atoms with Gasteiger partial charge in [0.15, 0.2) is 29.7 Å². The molecule has 228 valence electrons. The van der Waals surface area contributed by atoms with Crippen LogP contribution in [0.1, 0.15) is 26.8 Å². The van der Waals surface area contributed by atoms with E-state index in [9.17, 15) is 37.7 Å². The summed E-state index contributed by atoms with van der Waals surface area (Å²) in [6.07, 6.45) is -1.52. The van der Waals surface area contributed by atoms with Gasteiger partial charge in [-0.25, -0.2) is 17.9 Å². The fraction of sp³-hybridized carbons (Fsp3) is 0.360. The van der Waals surface area contributed by atoms with E-state index in [-0.39, 0.29) is 16.2 Å². The molecule has 1 fully saturated rings. The lowest BCUT2D eigenvalue weighted by Crippen LogP contribution is -2.57. The number of aromatic nitrogens is 4. The first-order chi connectivity index (χ1) is 20.3. The first-order valence-corrected chi connectivity index (χ1v) is 13.2. The smallest absolute Gasteiger partial charge is 0.364 e. The molecule has 3 heterocycles. The highest BCUT2D eigenvalue weighted by atomic mass is 32.2. The van der Waals surface area contributed by atoms with E-state index < -0.39 is 82.5 Å². The SMILES string of the molecule is CC(=O)OCC1O[C@H](Sc2ccnc([N+](=O)[O-])c2)C(OC(C)=O)[C@@H](n2cc(-c3cc(F)c(F)c(F)c3)nn2)[C@H]1OC(C)=O. The molecule has 1 aliphatic rings. The Kier molecular flexibility index (Phi) is 9.59. The number of nitrogens with zero attached hydrogens (tertiary/aromatic N) is 5. The standard InChI is InChI=1S/C25H22F3N5O9S/c1-11(34)39-10-19-23(40-12(2)35)22(32-9-18(30-31-32)14-6-16(26)21(28)17(27)7-14)24(41-13(3)36)25(42-19)43-15-4-5-29-20(8-15)33(37)38/h4-9,19,22-25H,10H2,1-3H3/t19?,22-,23-,24?,25+/m0/s1. The summed E-state index contributed by atoms with van der Waals surface area (Å²) < 4.78 is 64.9. The molecule has 0 amide bonds. The lowest BCUT2D eigenvalue weighted by molar-refractivity contribution is -0.389. The molecule has 2 unspecified atom stereocenters. The molecule has 0 aliphatic carbocycles. The van der Waals surface area contributed by atoms with Gasteiger partial charge in [0, 0.05) is 37.3 Å². The van der Waals surface area contributed by atoms with Crippen molar-refractivity contribution in [3.63, 3.8) is 0 Å². The molecule has 5 atom stereocenters. The van der Waals surface area contributed by atoms with Gasteiger partial charge in [0.1, 0.15) is 36.1 Å². The average Bonchev–Trinajstić information content (AvgIpc) is 3.41. The number of halogens is 3. The van der Waals surface area contributed by atoms with Crippen molar-refractivity contribution in [3.05, 3.63) is 64.2 Å². The Hall–Kier alpha value is -4.58. The van der Waals surface area contributed by atoms with E-state index in [1.54, 1.807) is 0 Å². The van der Waals surface area contributed by atoms with Gasteiger partial charge in [-0.05, 0) is 28.1 Å². The first-order valence-electron chi connectivity index (χ1n) is 12.3. The Balaban J connectivity index is 1.82. The van der Waals surface area contributed by atoms with Crippen molar-refractivity contribution in [2.24, 2.45) is 0 Å². The highest BCUT2D eigenvalue weighted by Gasteiger charge is 2.52. The second-order valence-corrected chi connectivity index (χ2v) is 10.2. The van der Waals surface area contributed by atoms with E-state index in [0.717, 1.165) is 43.3 Å². The van der Waals surface area contributed by atoms with Gasteiger partial charge in [0.05, 0.1) is 6.20 Å². The van der Waals surface area contributed by atoms with Crippen molar-refractivity contribution >= 4 is 35.5 Å². The number of hydrogen-bond acceptors (Lipinski definition) is 13. The highest BCUT2D eigenvalue weighted by molar-refractivity contribution is 7.99. The summed E-state index contributed by atoms with van der Waals surface area (Å²) in [6, 6.07) is 2.72. The van der Waals surface area contributed by atoms with E-state index in [1.807, 2.05) is 0 Å². The minimum absolute atomic E-state index is 0.127. The molecule has 1 aliphatic heterocycles. The molecule has 1 saturated heterocycles. The number of esters is 3. The van der Waals surface area contributed by atoms with Gasteiger partial charge in [-0.1, -0.05) is 17.0 Å². The van der Waals surface area contributed by atoms with Crippen LogP contribution in [0.4, 0.5) is 19.0 Å². The number of rotatable bonds is 9. The van der Waals surface area contributed by atoms with Crippen LogP contribution >= 0.6 is 11.8 Å². The average molecular weight is 626 g/mol. The third-order valence-corrected chi connectivity index (χ3v) is 7.06. The van der Waals surface area contributed by atoms with E-state index >= 15 is 0 Å². The van der Waals surface area contributed by atoms with E-state index in [1.165, 1.54) is 18.5 Å². The largest absolute Gasteiger partial charge is 0.463 e. The number of pyridine rings is 1. The van der Waals surface area contributed by atoms with Crippen molar-refractivity contribution in [3.8, 4) is 11.3 Å². The second kappa shape index (κ2) is 13.2. The quantitative estimate of drug-likeness (QED) is 0.112. The number of benzene rings is 1. The van der Waals surface area contributed by atoms with E-state index in [0.29, 0.717) is 12.1 Å². The van der Waals surface area contributed by atoms with Gasteiger partial charge in [0.2, 0.25) is 0 Å². The van der Waals surface area contributed by atoms with Crippen molar-refractivity contribution in [1.29, 1.82) is 0 Å². The Morgan fingerprint density at radius 3 is 2.30 bits per heavy atom. The Bertz CT molecular complexity index is 1540. The molecule has 0 spiro atoms. The van der Waals surface area contributed by atoms with Gasteiger partial charge in [-0.15, -0.1) is 5.10 Å². The van der Waals surface area contributed by atoms with Crippen LogP contribution in [0, 0.1) is 27.6 Å². The minimum atomic E-state index is -1.69. The number of ether oxygens (including phenoxy) is 4. The second-order valence-electron chi connectivity index (χ2n) is 9.05. The highest BCUT2D eigenvalue weighted by Crippen LogP contribution is 2.42. The molecule has 0 radical (unpaired) electrons. The zero-order chi connectivity index (χ0) is 31.4. The molecule has 2 aromatic heterocycles. The number of hydrogen-bond donors (Lipinski definition) is 0. The molecular formula is C25H22F3N5O9S. The third kappa shape index (κ3) is 7.44. The zero-order valence-electron chi connectivity index (χ0n) is 22.5. The molecular weight excluding hydrogens is 603 g/mol. The number of carbonyl (C=O) groups excluding carboxylic acids is 3. The van der Waals surface area contributed by atoms with Crippen LogP contribution in [0.25, 0.3) is 11.3 Å². The molecule has 0 saturated carbocycles. The van der Waals surface area contributed by atoms with Gasteiger partial charge >= 0.3 is 23.7 Å². The molecule has 43 heavy (non-hydrogen) atoms. The van der Waals surface area contributed by atoms with Gasteiger partial charge < -0.3 is 29.1 Å². The summed E-state index contributed by atoms with van der Waals surface area (Å²) in [5.41, 5.74) is -1.50. The first kappa shape index (κ1) is 31.4. The summed E-state index contributed by atoms with van der Waals surface area (Å²) in [4.78, 5) is 50.6. The Morgan fingerprint density at radius 1 is 1.05 bits per heavy atom. The summed E-state index contributed by atoms with van der Waals surface area (Å²) in [6.45, 7) is 2.88. The molecule has 3 aromatic rings. The lowest BCUT2D eigenvalue weighted by atomic mass is 9.96. The number of carbonyl (C=O) groups is 3. The third-order valence-electron chi connectivity index (χ3n) is 5.92. The van der Waals surface area contributed by atoms with Crippen LogP contribution < -0.4 is 0 Å². The Labute approximate surface area is 244 Å². The van der Waals surface area contributed by atoms with Crippen LogP contribution in [0.2, 0.25) is 0 Å².